The van der Waals surface area contributed by atoms with Crippen molar-refractivity contribution in [3.63, 3.8) is 0 Å². The number of carboxylic acids is 1. The van der Waals surface area contributed by atoms with E-state index < -0.39 is 17.4 Å². The molecule has 0 amide bonds. The molecule has 0 radical (unpaired) electrons. The molecule has 0 spiro atoms. The van der Waals surface area contributed by atoms with Gasteiger partial charge in [0, 0.05) is 6.20 Å². The Bertz CT molecular complexity index is 638. The molecule has 0 aliphatic heterocycles. The number of halogens is 1. The first-order valence-corrected chi connectivity index (χ1v) is 5.50. The molecule has 0 bridgehead atoms. The highest BCUT2D eigenvalue weighted by Crippen LogP contribution is 2.11. The predicted molar refractivity (Wildman–Crippen MR) is 66.0 cm³/mol. The highest BCUT2D eigenvalue weighted by molar-refractivity contribution is 6.33. The normalized spacial score (nSPS) is 10.3. The number of aromatic carboxylic acids is 1. The van der Waals surface area contributed by atoms with Crippen molar-refractivity contribution in [1.29, 1.82) is 0 Å². The lowest BCUT2D eigenvalue weighted by Gasteiger charge is -2.06. The minimum Gasteiger partial charge on any atom is -0.476 e. The first-order valence-electron chi connectivity index (χ1n) is 5.12. The second-order valence-electron chi connectivity index (χ2n) is 3.64. The summed E-state index contributed by atoms with van der Waals surface area (Å²) in [5.74, 6) is -1.32. The third-order valence-corrected chi connectivity index (χ3v) is 2.62. The average Bonchev–Trinajstić information content (AvgIpc) is 2.34. The number of nitrogens with zero attached hydrogens (tertiary/aromatic N) is 2. The highest BCUT2D eigenvalue weighted by Gasteiger charge is 2.13. The van der Waals surface area contributed by atoms with Gasteiger partial charge in [0.15, 0.2) is 5.69 Å². The van der Waals surface area contributed by atoms with Gasteiger partial charge in [-0.2, -0.15) is 4.98 Å². The van der Waals surface area contributed by atoms with Gasteiger partial charge < -0.3 is 5.11 Å². The van der Waals surface area contributed by atoms with Gasteiger partial charge in [0.25, 0.3) is 0 Å². The van der Waals surface area contributed by atoms with Crippen LogP contribution in [0.2, 0.25) is 5.02 Å². The zero-order valence-electron chi connectivity index (χ0n) is 9.21. The smallest absolute Gasteiger partial charge is 0.356 e. The Hall–Kier alpha value is -2.14. The van der Waals surface area contributed by atoms with E-state index in [0.717, 1.165) is 5.56 Å². The first-order chi connectivity index (χ1) is 8.58. The second-order valence-corrected chi connectivity index (χ2v) is 4.05. The quantitative estimate of drug-likeness (QED) is 0.915. The third-order valence-electron chi connectivity index (χ3n) is 2.35. The lowest BCUT2D eigenvalue weighted by Crippen LogP contribution is -2.25. The van der Waals surface area contributed by atoms with Gasteiger partial charge >= 0.3 is 11.7 Å². The summed E-state index contributed by atoms with van der Waals surface area (Å²) in [7, 11) is 0. The van der Waals surface area contributed by atoms with Crippen molar-refractivity contribution < 1.29 is 9.90 Å². The number of aromatic nitrogens is 2. The van der Waals surface area contributed by atoms with Crippen LogP contribution in [0.15, 0.2) is 41.3 Å². The van der Waals surface area contributed by atoms with Crippen molar-refractivity contribution in [2.24, 2.45) is 0 Å². The molecule has 0 saturated heterocycles. The van der Waals surface area contributed by atoms with Crippen LogP contribution in [0.5, 0.6) is 0 Å². The Morgan fingerprint density at radius 1 is 1.33 bits per heavy atom. The second kappa shape index (κ2) is 5.01. The summed E-state index contributed by atoms with van der Waals surface area (Å²) in [5, 5.41) is 8.72. The summed E-state index contributed by atoms with van der Waals surface area (Å²) >= 11 is 5.76. The largest absolute Gasteiger partial charge is 0.476 e. The van der Waals surface area contributed by atoms with Gasteiger partial charge in [-0.05, 0) is 5.56 Å². The van der Waals surface area contributed by atoms with Crippen molar-refractivity contribution in [2.45, 2.75) is 6.54 Å². The molecular weight excluding hydrogens is 256 g/mol. The summed E-state index contributed by atoms with van der Waals surface area (Å²) in [6.07, 6.45) is 1.29. The van der Waals surface area contributed by atoms with Crippen LogP contribution in [0.3, 0.4) is 0 Å². The molecule has 0 fully saturated rings. The van der Waals surface area contributed by atoms with Crippen LogP contribution in [0.4, 0.5) is 0 Å². The topological polar surface area (TPSA) is 72.2 Å². The Balaban J connectivity index is 2.39. The van der Waals surface area contributed by atoms with E-state index in [1.165, 1.54) is 10.8 Å². The summed E-state index contributed by atoms with van der Waals surface area (Å²) < 4.78 is 1.27. The monoisotopic (exact) mass is 264 g/mol. The van der Waals surface area contributed by atoms with Crippen LogP contribution >= 0.6 is 11.6 Å². The van der Waals surface area contributed by atoms with Gasteiger partial charge in [-0.25, -0.2) is 9.59 Å². The van der Waals surface area contributed by atoms with Crippen LogP contribution in [0.25, 0.3) is 0 Å². The molecule has 0 atom stereocenters. The standard InChI is InChI=1S/C12H9ClN2O3/c13-9-7-15(6-8-4-2-1-3-5-8)12(18)14-10(9)11(16)17/h1-5,7H,6H2,(H,16,17). The van der Waals surface area contributed by atoms with E-state index in [9.17, 15) is 9.59 Å². The molecule has 0 unspecified atom stereocenters. The summed E-state index contributed by atoms with van der Waals surface area (Å²) in [5.41, 5.74) is -0.160. The van der Waals surface area contributed by atoms with Crippen LogP contribution < -0.4 is 5.69 Å². The Labute approximate surface area is 107 Å². The van der Waals surface area contributed by atoms with Gasteiger partial charge in [0.1, 0.15) is 0 Å². The van der Waals surface area contributed by atoms with Crippen molar-refractivity contribution >= 4 is 17.6 Å². The fourth-order valence-electron chi connectivity index (χ4n) is 1.51. The fraction of sp³-hybridized carbons (Fsp3) is 0.0833. The number of rotatable bonds is 3. The molecule has 1 N–H and O–H groups in total. The predicted octanol–water partition coefficient (Wildman–Crippen LogP) is 1.64. The SMILES string of the molecule is O=C(O)c1nc(=O)n(Cc2ccccc2)cc1Cl. The molecule has 0 aliphatic rings. The number of hydrogen-bond donors (Lipinski definition) is 1. The van der Waals surface area contributed by atoms with Crippen molar-refractivity contribution in [3.8, 4) is 0 Å². The Kier molecular flexibility index (Phi) is 3.43. The maximum absolute atomic E-state index is 11.6. The van der Waals surface area contributed by atoms with E-state index in [-0.39, 0.29) is 5.02 Å². The first kappa shape index (κ1) is 12.3. The van der Waals surface area contributed by atoms with E-state index in [1.807, 2.05) is 30.3 Å². The van der Waals surface area contributed by atoms with Crippen molar-refractivity contribution in [3.05, 3.63) is 63.3 Å². The molecule has 5 nitrogen and oxygen atoms in total. The summed E-state index contributed by atoms with van der Waals surface area (Å²) in [6.45, 7) is 0.298. The van der Waals surface area contributed by atoms with Gasteiger partial charge in [-0.15, -0.1) is 0 Å². The van der Waals surface area contributed by atoms with E-state index >= 15 is 0 Å². The molecule has 18 heavy (non-hydrogen) atoms. The van der Waals surface area contributed by atoms with Crippen molar-refractivity contribution in [1.82, 2.24) is 9.55 Å². The van der Waals surface area contributed by atoms with Crippen LogP contribution in [0.1, 0.15) is 16.1 Å². The number of carbonyl (C=O) groups is 1. The van der Waals surface area contributed by atoms with E-state index in [1.54, 1.807) is 0 Å². The molecule has 1 aromatic carbocycles. The minimum absolute atomic E-state index is 0.0574. The zero-order valence-corrected chi connectivity index (χ0v) is 9.96. The minimum atomic E-state index is -1.32. The molecule has 1 heterocycles. The molecular formula is C12H9ClN2O3. The van der Waals surface area contributed by atoms with Gasteiger partial charge in [-0.3, -0.25) is 4.57 Å². The van der Waals surface area contributed by atoms with E-state index in [4.69, 9.17) is 16.7 Å². The molecule has 0 saturated carbocycles. The van der Waals surface area contributed by atoms with Crippen LogP contribution in [-0.4, -0.2) is 20.6 Å². The van der Waals surface area contributed by atoms with Crippen LogP contribution in [-0.2, 0) is 6.54 Å². The molecule has 6 heteroatoms. The molecule has 92 valence electrons. The fourth-order valence-corrected chi connectivity index (χ4v) is 1.75. The number of hydrogen-bond acceptors (Lipinski definition) is 3. The number of carboxylic acid groups (broad SMARTS) is 1. The summed E-state index contributed by atoms with van der Waals surface area (Å²) in [4.78, 5) is 25.8. The maximum atomic E-state index is 11.6. The Morgan fingerprint density at radius 3 is 2.61 bits per heavy atom. The van der Waals surface area contributed by atoms with Gasteiger partial charge in [0.05, 0.1) is 11.6 Å². The average molecular weight is 265 g/mol. The maximum Gasteiger partial charge on any atom is 0.356 e. The zero-order chi connectivity index (χ0) is 13.1. The van der Waals surface area contributed by atoms with Gasteiger partial charge in [-0.1, -0.05) is 41.9 Å². The lowest BCUT2D eigenvalue weighted by molar-refractivity contribution is 0.0690. The van der Waals surface area contributed by atoms with Gasteiger partial charge in [0.2, 0.25) is 0 Å². The highest BCUT2D eigenvalue weighted by atomic mass is 35.5. The molecule has 1 aromatic heterocycles. The third kappa shape index (κ3) is 2.57. The van der Waals surface area contributed by atoms with E-state index in [2.05, 4.69) is 4.98 Å². The number of benzene rings is 1. The summed E-state index contributed by atoms with van der Waals surface area (Å²) in [6, 6.07) is 9.27. The lowest BCUT2D eigenvalue weighted by atomic mass is 10.2. The molecule has 2 rings (SSSR count). The van der Waals surface area contributed by atoms with Crippen molar-refractivity contribution in [2.75, 3.05) is 0 Å². The van der Waals surface area contributed by atoms with Crippen LogP contribution in [0, 0.1) is 0 Å². The molecule has 2 aromatic rings. The van der Waals surface area contributed by atoms with E-state index in [0.29, 0.717) is 6.54 Å². The Morgan fingerprint density at radius 2 is 2.00 bits per heavy atom. The molecule has 0 aliphatic carbocycles.